The molecule has 2 atom stereocenters. The third-order valence-electron chi connectivity index (χ3n) is 3.58. The lowest BCUT2D eigenvalue weighted by atomic mass is 9.79. The van der Waals surface area contributed by atoms with E-state index in [2.05, 4.69) is 4.98 Å². The van der Waals surface area contributed by atoms with Gasteiger partial charge in [-0.05, 0) is 36.8 Å². The number of hydrogen-bond donors (Lipinski definition) is 1. The maximum atomic E-state index is 12.8. The van der Waals surface area contributed by atoms with Crippen LogP contribution in [0.15, 0.2) is 42.6 Å². The van der Waals surface area contributed by atoms with Gasteiger partial charge in [-0.1, -0.05) is 23.7 Å². The number of halogens is 1. The summed E-state index contributed by atoms with van der Waals surface area (Å²) in [5, 5.41) is 0.416. The van der Waals surface area contributed by atoms with Crippen LogP contribution in [0.1, 0.15) is 28.9 Å². The number of ketones is 2. The van der Waals surface area contributed by atoms with Crippen molar-refractivity contribution in [3.63, 3.8) is 0 Å². The van der Waals surface area contributed by atoms with Gasteiger partial charge in [0.25, 0.3) is 0 Å². The van der Waals surface area contributed by atoms with E-state index in [4.69, 9.17) is 16.3 Å². The van der Waals surface area contributed by atoms with Gasteiger partial charge in [0.15, 0.2) is 5.78 Å². The van der Waals surface area contributed by atoms with E-state index in [0.29, 0.717) is 16.3 Å². The van der Waals surface area contributed by atoms with E-state index < -0.39 is 23.6 Å². The third kappa shape index (κ3) is 3.68. The van der Waals surface area contributed by atoms with Crippen LogP contribution in [0.3, 0.4) is 0 Å². The van der Waals surface area contributed by atoms with Gasteiger partial charge in [-0.2, -0.15) is 0 Å². The van der Waals surface area contributed by atoms with Crippen LogP contribution in [0.2, 0.25) is 5.02 Å². The highest BCUT2D eigenvalue weighted by atomic mass is 35.5. The van der Waals surface area contributed by atoms with E-state index in [1.165, 1.54) is 14.0 Å². The Morgan fingerprint density at radius 2 is 1.91 bits per heavy atom. The largest absolute Gasteiger partial charge is 0.468 e. The highest BCUT2D eigenvalue weighted by Crippen LogP contribution is 2.31. The number of aromatic amines is 1. The second-order valence-corrected chi connectivity index (χ2v) is 5.53. The number of methoxy groups -OCH3 is 1. The summed E-state index contributed by atoms with van der Waals surface area (Å²) < 4.78 is 4.72. The van der Waals surface area contributed by atoms with Crippen LogP contribution in [0.5, 0.6) is 0 Å². The van der Waals surface area contributed by atoms with Crippen molar-refractivity contribution >= 4 is 29.1 Å². The quantitative estimate of drug-likeness (QED) is 0.501. The minimum Gasteiger partial charge on any atom is -0.468 e. The number of H-pyrrole nitrogens is 1. The molecule has 0 saturated carbocycles. The molecule has 2 rings (SSSR count). The molecule has 0 radical (unpaired) electrons. The number of ether oxygens (including phenoxy) is 1. The number of esters is 1. The van der Waals surface area contributed by atoms with Crippen molar-refractivity contribution in [2.75, 3.05) is 7.11 Å². The van der Waals surface area contributed by atoms with Crippen LogP contribution < -0.4 is 0 Å². The minimum atomic E-state index is -1.23. The summed E-state index contributed by atoms with van der Waals surface area (Å²) in [6.07, 6.45) is 1.60. The predicted molar refractivity (Wildman–Crippen MR) is 85.5 cm³/mol. The Hall–Kier alpha value is -2.40. The molecular formula is C17H16ClNO4. The summed E-state index contributed by atoms with van der Waals surface area (Å²) in [7, 11) is 1.19. The Morgan fingerprint density at radius 1 is 1.17 bits per heavy atom. The van der Waals surface area contributed by atoms with Crippen molar-refractivity contribution in [3.8, 4) is 0 Å². The van der Waals surface area contributed by atoms with Gasteiger partial charge in [0, 0.05) is 11.2 Å². The number of nitrogens with one attached hydrogen (secondary N) is 1. The summed E-state index contributed by atoms with van der Waals surface area (Å²) in [5.41, 5.74) is 0.799. The number of rotatable bonds is 6. The van der Waals surface area contributed by atoms with Gasteiger partial charge in [-0.15, -0.1) is 0 Å². The maximum Gasteiger partial charge on any atom is 0.317 e. The van der Waals surface area contributed by atoms with Gasteiger partial charge in [0.1, 0.15) is 11.7 Å². The number of Topliss-reactive ketones (excluding diaryl/α,β-unsaturated/α-hetero) is 2. The molecule has 1 aromatic heterocycles. The summed E-state index contributed by atoms with van der Waals surface area (Å²) >= 11 is 6.00. The molecule has 120 valence electrons. The van der Waals surface area contributed by atoms with Crippen molar-refractivity contribution in [2.24, 2.45) is 5.92 Å². The summed E-state index contributed by atoms with van der Waals surface area (Å²) in [4.78, 5) is 39.8. The van der Waals surface area contributed by atoms with E-state index in [1.807, 2.05) is 0 Å². The lowest BCUT2D eigenvalue weighted by Gasteiger charge is -2.22. The maximum absolute atomic E-state index is 12.8. The zero-order valence-electron chi connectivity index (χ0n) is 12.7. The number of carbonyl (C=O) groups is 3. The number of benzene rings is 1. The Morgan fingerprint density at radius 3 is 2.43 bits per heavy atom. The first kappa shape index (κ1) is 17.0. The van der Waals surface area contributed by atoms with E-state index in [9.17, 15) is 14.4 Å². The first-order chi connectivity index (χ1) is 11.0. The monoisotopic (exact) mass is 333 g/mol. The molecule has 0 aliphatic rings. The molecule has 1 heterocycles. The van der Waals surface area contributed by atoms with Gasteiger partial charge < -0.3 is 9.72 Å². The number of aromatic nitrogens is 1. The Labute approximate surface area is 138 Å². The Kier molecular flexibility index (Phi) is 5.34. The highest BCUT2D eigenvalue weighted by Gasteiger charge is 2.39. The third-order valence-corrected chi connectivity index (χ3v) is 3.82. The van der Waals surface area contributed by atoms with Crippen molar-refractivity contribution in [1.82, 2.24) is 4.98 Å². The molecule has 5 nitrogen and oxygen atoms in total. The molecule has 23 heavy (non-hydrogen) atoms. The molecule has 0 fully saturated rings. The number of carbonyl (C=O) groups excluding carboxylic acids is 3. The first-order valence-corrected chi connectivity index (χ1v) is 7.35. The fourth-order valence-electron chi connectivity index (χ4n) is 2.51. The second-order valence-electron chi connectivity index (χ2n) is 5.09. The van der Waals surface area contributed by atoms with Crippen molar-refractivity contribution in [2.45, 2.75) is 12.8 Å². The molecule has 6 heteroatoms. The zero-order valence-corrected chi connectivity index (χ0v) is 13.5. The average molecular weight is 334 g/mol. The lowest BCUT2D eigenvalue weighted by Crippen LogP contribution is -2.34. The highest BCUT2D eigenvalue weighted by molar-refractivity contribution is 6.30. The molecule has 0 spiro atoms. The van der Waals surface area contributed by atoms with Crippen LogP contribution in [-0.2, 0) is 14.3 Å². The van der Waals surface area contributed by atoms with Gasteiger partial charge in [0.05, 0.1) is 18.7 Å². The van der Waals surface area contributed by atoms with Gasteiger partial charge in [0.2, 0.25) is 0 Å². The fourth-order valence-corrected chi connectivity index (χ4v) is 2.71. The van der Waals surface area contributed by atoms with Crippen molar-refractivity contribution < 1.29 is 19.1 Å². The molecule has 0 aliphatic heterocycles. The fraction of sp³-hybridized carbons (Fsp3) is 0.235. The molecule has 0 bridgehead atoms. The topological polar surface area (TPSA) is 76.2 Å². The van der Waals surface area contributed by atoms with Gasteiger partial charge in [-0.3, -0.25) is 14.4 Å². The van der Waals surface area contributed by atoms with Gasteiger partial charge in [-0.25, -0.2) is 0 Å². The van der Waals surface area contributed by atoms with Crippen LogP contribution in [0.25, 0.3) is 0 Å². The average Bonchev–Trinajstić information content (AvgIpc) is 3.05. The lowest BCUT2D eigenvalue weighted by molar-refractivity contribution is -0.149. The summed E-state index contributed by atoms with van der Waals surface area (Å²) in [6, 6.07) is 9.82. The van der Waals surface area contributed by atoms with E-state index >= 15 is 0 Å². The van der Waals surface area contributed by atoms with Crippen LogP contribution in [0, 0.1) is 5.92 Å². The van der Waals surface area contributed by atoms with E-state index in [0.717, 1.165) is 0 Å². The van der Waals surface area contributed by atoms with Gasteiger partial charge >= 0.3 is 5.97 Å². The Balaban J connectivity index is 2.56. The van der Waals surface area contributed by atoms with Crippen molar-refractivity contribution in [3.05, 3.63) is 58.9 Å². The molecular weight excluding hydrogens is 318 g/mol. The smallest absolute Gasteiger partial charge is 0.317 e. The SMILES string of the molecule is COC(=O)C(C(C)=O)C(C(=O)c1ccc[nH]1)c1cccc(Cl)c1. The molecule has 0 saturated heterocycles. The van der Waals surface area contributed by atoms with Crippen LogP contribution in [0.4, 0.5) is 0 Å². The molecule has 2 unspecified atom stereocenters. The molecule has 0 amide bonds. The van der Waals surface area contributed by atoms with Crippen LogP contribution >= 0.6 is 11.6 Å². The summed E-state index contributed by atoms with van der Waals surface area (Å²) in [5.74, 6) is -3.79. The minimum absolute atomic E-state index is 0.310. The predicted octanol–water partition coefficient (Wildman–Crippen LogP) is 3.01. The molecule has 0 aliphatic carbocycles. The standard InChI is InChI=1S/C17H16ClNO4/c1-10(20)14(17(22)23-2)15(11-5-3-6-12(18)9-11)16(21)13-7-4-8-19-13/h3-9,14-15,19H,1-2H3. The first-order valence-electron chi connectivity index (χ1n) is 6.97. The summed E-state index contributed by atoms with van der Waals surface area (Å²) in [6.45, 7) is 1.27. The normalized spacial score (nSPS) is 13.2. The van der Waals surface area contributed by atoms with E-state index in [-0.39, 0.29) is 5.78 Å². The van der Waals surface area contributed by atoms with E-state index in [1.54, 1.807) is 42.6 Å². The zero-order chi connectivity index (χ0) is 17.0. The molecule has 1 N–H and O–H groups in total. The molecule has 2 aromatic rings. The Bertz CT molecular complexity index is 724. The molecule has 1 aromatic carbocycles. The second kappa shape index (κ2) is 7.24. The van der Waals surface area contributed by atoms with Crippen LogP contribution in [-0.4, -0.2) is 29.6 Å². The van der Waals surface area contributed by atoms with Crippen molar-refractivity contribution in [1.29, 1.82) is 0 Å². The number of hydrogen-bond acceptors (Lipinski definition) is 4.